The topological polar surface area (TPSA) is 63.0 Å². The second kappa shape index (κ2) is 11.5. The zero-order chi connectivity index (χ0) is 33.0. The van der Waals surface area contributed by atoms with Gasteiger partial charge in [0.05, 0.1) is 0 Å². The predicted octanol–water partition coefficient (Wildman–Crippen LogP) is 11.3. The van der Waals surface area contributed by atoms with Crippen LogP contribution in [0.5, 0.6) is 0 Å². The molecule has 9 aromatic rings. The summed E-state index contributed by atoms with van der Waals surface area (Å²) >= 11 is 0. The van der Waals surface area contributed by atoms with E-state index < -0.39 is 6.17 Å². The maximum Gasteiger partial charge on any atom is 0.169 e. The molecule has 0 fully saturated rings. The first kappa shape index (κ1) is 28.3. The molecule has 10 rings (SSSR count). The first-order valence-corrected chi connectivity index (χ1v) is 16.8. The fourth-order valence-electron chi connectivity index (χ4n) is 7.12. The molecule has 1 aliphatic rings. The third-order valence-electron chi connectivity index (χ3n) is 9.54. The standard InChI is InChI=1S/C45H29N3O2/c1-2-11-28(12-3-1)29-13-8-14-30(25-29)31-15-9-16-32(26-31)43-46-44(33-23-24-35-34-17-4-6-20-38(34)50-41(35)27-33)48-45(47-43)37-19-10-22-40-42(37)36-18-5-7-21-39(36)49-40/h1-27,43H,(H,46,47,48). The summed E-state index contributed by atoms with van der Waals surface area (Å²) in [5, 5.41) is 7.86. The zero-order valence-electron chi connectivity index (χ0n) is 26.9. The predicted molar refractivity (Wildman–Crippen MR) is 204 cm³/mol. The molecule has 50 heavy (non-hydrogen) atoms. The lowest BCUT2D eigenvalue weighted by atomic mass is 9.97. The van der Waals surface area contributed by atoms with Gasteiger partial charge in [0.1, 0.15) is 34.0 Å². The number of hydrogen-bond acceptors (Lipinski definition) is 5. The van der Waals surface area contributed by atoms with Gasteiger partial charge in [-0.3, -0.25) is 0 Å². The lowest BCUT2D eigenvalue weighted by Gasteiger charge is -2.23. The molecule has 3 heterocycles. The zero-order valence-corrected chi connectivity index (χ0v) is 26.9. The first-order chi connectivity index (χ1) is 24.7. The molecule has 0 amide bonds. The van der Waals surface area contributed by atoms with Gasteiger partial charge in [0.2, 0.25) is 0 Å². The van der Waals surface area contributed by atoms with Gasteiger partial charge in [0, 0.05) is 32.7 Å². The molecule has 236 valence electrons. The number of nitrogens with zero attached hydrogens (tertiary/aromatic N) is 2. The van der Waals surface area contributed by atoms with E-state index >= 15 is 0 Å². The number of amidine groups is 2. The van der Waals surface area contributed by atoms with Crippen LogP contribution in [0.2, 0.25) is 0 Å². The summed E-state index contributed by atoms with van der Waals surface area (Å²) in [6.07, 6.45) is -0.488. The van der Waals surface area contributed by atoms with Crippen LogP contribution in [0.15, 0.2) is 183 Å². The average Bonchev–Trinajstić information content (AvgIpc) is 3.76. The van der Waals surface area contributed by atoms with E-state index in [2.05, 4.69) is 115 Å². The minimum Gasteiger partial charge on any atom is -0.456 e. The minimum absolute atomic E-state index is 0.488. The van der Waals surface area contributed by atoms with Crippen molar-refractivity contribution in [2.75, 3.05) is 0 Å². The summed E-state index contributed by atoms with van der Waals surface area (Å²) in [4.78, 5) is 10.5. The second-order valence-electron chi connectivity index (χ2n) is 12.6. The number of aliphatic imine (C=N–C) groups is 2. The molecule has 0 aliphatic carbocycles. The normalized spacial score (nSPS) is 14.6. The number of furan rings is 2. The number of benzene rings is 7. The van der Waals surface area contributed by atoms with E-state index in [1.807, 2.05) is 54.6 Å². The molecule has 0 spiro atoms. The quantitative estimate of drug-likeness (QED) is 0.203. The lowest BCUT2D eigenvalue weighted by Crippen LogP contribution is -2.36. The number of hydrogen-bond donors (Lipinski definition) is 1. The fraction of sp³-hybridized carbons (Fsp3) is 0.0222. The van der Waals surface area contributed by atoms with Crippen molar-refractivity contribution < 1.29 is 8.83 Å². The van der Waals surface area contributed by atoms with E-state index in [0.29, 0.717) is 0 Å². The van der Waals surface area contributed by atoms with E-state index in [9.17, 15) is 0 Å². The highest BCUT2D eigenvalue weighted by Crippen LogP contribution is 2.35. The summed E-state index contributed by atoms with van der Waals surface area (Å²) in [5.41, 5.74) is 10.8. The van der Waals surface area contributed by atoms with Crippen LogP contribution < -0.4 is 5.32 Å². The Morgan fingerprint density at radius 3 is 1.86 bits per heavy atom. The molecule has 0 saturated heterocycles. The summed E-state index contributed by atoms with van der Waals surface area (Å²) in [6.45, 7) is 0. The maximum atomic E-state index is 6.28. The second-order valence-corrected chi connectivity index (χ2v) is 12.6. The van der Waals surface area contributed by atoms with E-state index in [1.54, 1.807) is 0 Å². The van der Waals surface area contributed by atoms with Gasteiger partial charge in [0.15, 0.2) is 6.17 Å². The Morgan fingerprint density at radius 1 is 0.400 bits per heavy atom. The maximum absolute atomic E-state index is 6.28. The molecule has 5 nitrogen and oxygen atoms in total. The molecule has 0 saturated carbocycles. The highest BCUT2D eigenvalue weighted by molar-refractivity contribution is 6.23. The summed E-state index contributed by atoms with van der Waals surface area (Å²) in [7, 11) is 0. The van der Waals surface area contributed by atoms with Gasteiger partial charge < -0.3 is 14.2 Å². The highest BCUT2D eigenvalue weighted by atomic mass is 16.3. The van der Waals surface area contributed by atoms with Crippen LogP contribution >= 0.6 is 0 Å². The van der Waals surface area contributed by atoms with Gasteiger partial charge in [0.25, 0.3) is 0 Å². The molecule has 1 unspecified atom stereocenters. The molecular weight excluding hydrogens is 615 g/mol. The largest absolute Gasteiger partial charge is 0.456 e. The van der Waals surface area contributed by atoms with Crippen molar-refractivity contribution in [2.45, 2.75) is 6.17 Å². The van der Waals surface area contributed by atoms with Crippen molar-refractivity contribution in [3.8, 4) is 22.3 Å². The first-order valence-electron chi connectivity index (χ1n) is 16.8. The van der Waals surface area contributed by atoms with Gasteiger partial charge in [-0.1, -0.05) is 121 Å². The smallest absolute Gasteiger partial charge is 0.169 e. The van der Waals surface area contributed by atoms with Crippen molar-refractivity contribution in [1.82, 2.24) is 5.32 Å². The van der Waals surface area contributed by atoms with Crippen LogP contribution in [0.3, 0.4) is 0 Å². The van der Waals surface area contributed by atoms with Gasteiger partial charge in [-0.15, -0.1) is 0 Å². The van der Waals surface area contributed by atoms with Crippen LogP contribution in [0.4, 0.5) is 0 Å². The summed E-state index contributed by atoms with van der Waals surface area (Å²) in [5.74, 6) is 1.46. The van der Waals surface area contributed by atoms with E-state index in [-0.39, 0.29) is 0 Å². The Bertz CT molecular complexity index is 2810. The minimum atomic E-state index is -0.488. The number of nitrogens with one attached hydrogen (secondary N) is 1. The van der Waals surface area contributed by atoms with Gasteiger partial charge in [-0.25, -0.2) is 9.98 Å². The van der Waals surface area contributed by atoms with Crippen molar-refractivity contribution in [2.24, 2.45) is 9.98 Å². The Labute approximate surface area is 287 Å². The SMILES string of the molecule is c1ccc(-c2cccc(-c3cccc(C4N=C(c5ccc6c(c5)oc5ccccc56)NC(c5cccc6oc7ccccc7c56)=N4)c3)c2)cc1. The van der Waals surface area contributed by atoms with Crippen molar-refractivity contribution >= 4 is 55.5 Å². The summed E-state index contributed by atoms with van der Waals surface area (Å²) < 4.78 is 12.5. The van der Waals surface area contributed by atoms with Gasteiger partial charge in [-0.2, -0.15) is 0 Å². The number of fused-ring (bicyclic) bond motifs is 6. The Morgan fingerprint density at radius 2 is 1.00 bits per heavy atom. The third kappa shape index (κ3) is 4.79. The summed E-state index contributed by atoms with van der Waals surface area (Å²) in [6, 6.07) is 56.4. The van der Waals surface area contributed by atoms with E-state index in [4.69, 9.17) is 18.8 Å². The van der Waals surface area contributed by atoms with E-state index in [1.165, 1.54) is 11.1 Å². The lowest BCUT2D eigenvalue weighted by molar-refractivity contribution is 0.668. The molecule has 1 atom stereocenters. The van der Waals surface area contributed by atoms with Crippen LogP contribution in [-0.2, 0) is 0 Å². The monoisotopic (exact) mass is 643 g/mol. The van der Waals surface area contributed by atoms with Gasteiger partial charge >= 0.3 is 0 Å². The number of para-hydroxylation sites is 2. The molecule has 7 aromatic carbocycles. The molecule has 0 bridgehead atoms. The van der Waals surface area contributed by atoms with E-state index in [0.717, 1.165) is 83.4 Å². The Balaban J connectivity index is 1.12. The van der Waals surface area contributed by atoms with Crippen LogP contribution in [-0.4, -0.2) is 11.7 Å². The molecule has 5 heteroatoms. The molecular formula is C45H29N3O2. The third-order valence-corrected chi connectivity index (χ3v) is 9.54. The highest BCUT2D eigenvalue weighted by Gasteiger charge is 2.24. The van der Waals surface area contributed by atoms with Crippen molar-refractivity contribution in [3.05, 3.63) is 180 Å². The molecule has 0 radical (unpaired) electrons. The molecule has 1 aliphatic heterocycles. The van der Waals surface area contributed by atoms with Crippen LogP contribution in [0.25, 0.3) is 66.1 Å². The molecule has 1 N–H and O–H groups in total. The number of rotatable bonds is 5. The fourth-order valence-corrected chi connectivity index (χ4v) is 7.12. The van der Waals surface area contributed by atoms with Crippen molar-refractivity contribution in [1.29, 1.82) is 0 Å². The Hall–Kier alpha value is -6.72. The van der Waals surface area contributed by atoms with Crippen molar-refractivity contribution in [3.63, 3.8) is 0 Å². The molecule has 2 aromatic heterocycles. The van der Waals surface area contributed by atoms with Gasteiger partial charge in [-0.05, 0) is 70.3 Å². The van der Waals surface area contributed by atoms with Crippen LogP contribution in [0.1, 0.15) is 22.9 Å². The van der Waals surface area contributed by atoms with Crippen LogP contribution in [0, 0.1) is 0 Å². The Kier molecular flexibility index (Phi) is 6.49. The average molecular weight is 644 g/mol.